The van der Waals surface area contributed by atoms with Gasteiger partial charge < -0.3 is 10.5 Å². The first-order chi connectivity index (χ1) is 12.5. The molecule has 0 radical (unpaired) electrons. The SMILES string of the molecule is NC1=N[C@@]2(c3ccc(F)cc3F)CO[C@@H](c3ncc(F)cn3)CC2CS1. The molecule has 4 rings (SSSR count). The zero-order valence-electron chi connectivity index (χ0n) is 13.5. The summed E-state index contributed by atoms with van der Waals surface area (Å²) >= 11 is 1.38. The lowest BCUT2D eigenvalue weighted by Crippen LogP contribution is -2.48. The number of hydrogen-bond acceptors (Lipinski definition) is 6. The van der Waals surface area contributed by atoms with Crippen LogP contribution in [0, 0.1) is 23.4 Å². The van der Waals surface area contributed by atoms with Crippen LogP contribution in [0.15, 0.2) is 35.6 Å². The second kappa shape index (κ2) is 6.55. The largest absolute Gasteiger partial charge is 0.379 e. The Bertz CT molecular complexity index is 864. The van der Waals surface area contributed by atoms with E-state index < -0.39 is 29.1 Å². The van der Waals surface area contributed by atoms with Gasteiger partial charge in [0.25, 0.3) is 0 Å². The van der Waals surface area contributed by atoms with Crippen molar-refractivity contribution in [2.24, 2.45) is 16.6 Å². The maximum absolute atomic E-state index is 14.5. The highest BCUT2D eigenvalue weighted by Gasteiger charge is 2.50. The molecule has 9 heteroatoms. The van der Waals surface area contributed by atoms with E-state index in [9.17, 15) is 13.2 Å². The minimum atomic E-state index is -1.02. The lowest BCUT2D eigenvalue weighted by atomic mass is 9.75. The molecular formula is C17H15F3N4OS. The van der Waals surface area contributed by atoms with Gasteiger partial charge in [-0.05, 0) is 12.5 Å². The van der Waals surface area contributed by atoms with E-state index in [1.807, 2.05) is 0 Å². The summed E-state index contributed by atoms with van der Waals surface area (Å²) in [6, 6.07) is 3.43. The predicted molar refractivity (Wildman–Crippen MR) is 90.9 cm³/mol. The Morgan fingerprint density at radius 2 is 1.92 bits per heavy atom. The molecule has 0 amide bonds. The second-order valence-electron chi connectivity index (χ2n) is 6.30. The van der Waals surface area contributed by atoms with Crippen LogP contribution in [0.2, 0.25) is 0 Å². The Morgan fingerprint density at radius 3 is 2.65 bits per heavy atom. The number of aliphatic imine (C=N–C) groups is 1. The van der Waals surface area contributed by atoms with Crippen LogP contribution in [0.25, 0.3) is 0 Å². The molecular weight excluding hydrogens is 365 g/mol. The molecule has 1 fully saturated rings. The smallest absolute Gasteiger partial charge is 0.159 e. The zero-order chi connectivity index (χ0) is 18.3. The molecule has 1 saturated heterocycles. The van der Waals surface area contributed by atoms with E-state index in [1.165, 1.54) is 23.9 Å². The summed E-state index contributed by atoms with van der Waals surface area (Å²) in [5.41, 5.74) is 5.13. The van der Waals surface area contributed by atoms with Crippen molar-refractivity contribution in [2.45, 2.75) is 18.1 Å². The third-order valence-electron chi connectivity index (χ3n) is 4.75. The number of amidine groups is 1. The Labute approximate surface area is 151 Å². The summed E-state index contributed by atoms with van der Waals surface area (Å²) in [6.45, 7) is 0.0485. The molecule has 26 heavy (non-hydrogen) atoms. The summed E-state index contributed by atoms with van der Waals surface area (Å²) in [5.74, 6) is -1.01. The van der Waals surface area contributed by atoms with E-state index in [1.54, 1.807) is 0 Å². The highest BCUT2D eigenvalue weighted by molar-refractivity contribution is 8.13. The zero-order valence-corrected chi connectivity index (χ0v) is 14.3. The molecule has 3 atom stereocenters. The Morgan fingerprint density at radius 1 is 1.15 bits per heavy atom. The van der Waals surface area contributed by atoms with Gasteiger partial charge in [0.15, 0.2) is 16.8 Å². The number of fused-ring (bicyclic) bond motifs is 1. The monoisotopic (exact) mass is 380 g/mol. The van der Waals surface area contributed by atoms with E-state index in [4.69, 9.17) is 10.5 Å². The molecule has 3 heterocycles. The number of aromatic nitrogens is 2. The van der Waals surface area contributed by atoms with Gasteiger partial charge in [0, 0.05) is 23.3 Å². The molecule has 5 nitrogen and oxygen atoms in total. The van der Waals surface area contributed by atoms with Crippen molar-refractivity contribution in [3.8, 4) is 0 Å². The fourth-order valence-electron chi connectivity index (χ4n) is 3.48. The van der Waals surface area contributed by atoms with Gasteiger partial charge in [0.05, 0.1) is 19.0 Å². The molecule has 1 unspecified atom stereocenters. The highest BCUT2D eigenvalue weighted by Crippen LogP contribution is 2.49. The number of nitrogens with two attached hydrogens (primary N) is 1. The quantitative estimate of drug-likeness (QED) is 0.867. The fourth-order valence-corrected chi connectivity index (χ4v) is 4.49. The van der Waals surface area contributed by atoms with Gasteiger partial charge in [-0.25, -0.2) is 28.1 Å². The van der Waals surface area contributed by atoms with Gasteiger partial charge in [-0.15, -0.1) is 0 Å². The van der Waals surface area contributed by atoms with Gasteiger partial charge in [-0.1, -0.05) is 17.8 Å². The second-order valence-corrected chi connectivity index (χ2v) is 7.34. The highest BCUT2D eigenvalue weighted by atomic mass is 32.2. The topological polar surface area (TPSA) is 73.4 Å². The first-order valence-corrected chi connectivity index (χ1v) is 8.99. The van der Waals surface area contributed by atoms with Crippen LogP contribution in [-0.4, -0.2) is 27.5 Å². The van der Waals surface area contributed by atoms with Gasteiger partial charge in [-0.3, -0.25) is 0 Å². The minimum Gasteiger partial charge on any atom is -0.379 e. The summed E-state index contributed by atoms with van der Waals surface area (Å²) in [6.07, 6.45) is 2.18. The Balaban J connectivity index is 1.71. The number of thioether (sulfide) groups is 1. The molecule has 2 aliphatic heterocycles. The van der Waals surface area contributed by atoms with E-state index >= 15 is 0 Å². The molecule has 0 bridgehead atoms. The molecule has 0 saturated carbocycles. The molecule has 1 aromatic heterocycles. The maximum Gasteiger partial charge on any atom is 0.159 e. The van der Waals surface area contributed by atoms with Crippen LogP contribution < -0.4 is 5.73 Å². The van der Waals surface area contributed by atoms with Crippen LogP contribution in [0.1, 0.15) is 23.9 Å². The van der Waals surface area contributed by atoms with Crippen LogP contribution >= 0.6 is 11.8 Å². The van der Waals surface area contributed by atoms with E-state index in [0.29, 0.717) is 23.2 Å². The van der Waals surface area contributed by atoms with Crippen LogP contribution in [-0.2, 0) is 10.3 Å². The molecule has 2 aromatic rings. The Kier molecular flexibility index (Phi) is 4.36. The van der Waals surface area contributed by atoms with Crippen molar-refractivity contribution < 1.29 is 17.9 Å². The molecule has 2 aliphatic rings. The third kappa shape index (κ3) is 2.95. The van der Waals surface area contributed by atoms with Crippen LogP contribution in [0.5, 0.6) is 0 Å². The van der Waals surface area contributed by atoms with Gasteiger partial charge in [0.1, 0.15) is 23.3 Å². The first-order valence-electron chi connectivity index (χ1n) is 8.00. The first kappa shape index (κ1) is 17.3. The van der Waals surface area contributed by atoms with Crippen molar-refractivity contribution in [1.29, 1.82) is 0 Å². The summed E-state index contributed by atoms with van der Waals surface area (Å²) in [4.78, 5) is 12.5. The summed E-state index contributed by atoms with van der Waals surface area (Å²) in [7, 11) is 0. The number of rotatable bonds is 2. The number of halogens is 3. The molecule has 0 aliphatic carbocycles. The van der Waals surface area contributed by atoms with Crippen molar-refractivity contribution in [3.05, 3.63) is 59.4 Å². The van der Waals surface area contributed by atoms with E-state index in [-0.39, 0.29) is 18.1 Å². The standard InChI is InChI=1S/C17H15F3N4OS/c18-10-1-2-12(13(20)4-10)17-8-25-14(15-22-5-11(19)6-23-15)3-9(17)7-26-16(21)24-17/h1-2,4-6,9,14H,3,7-8H2,(H2,21,24)/t9?,14-,17+/m1/s1. The van der Waals surface area contributed by atoms with Crippen molar-refractivity contribution in [3.63, 3.8) is 0 Å². The van der Waals surface area contributed by atoms with Crippen molar-refractivity contribution in [1.82, 2.24) is 9.97 Å². The maximum atomic E-state index is 14.5. The number of hydrogen-bond donors (Lipinski definition) is 1. The summed E-state index contributed by atoms with van der Waals surface area (Å²) < 4.78 is 46.8. The fraction of sp³-hybridized carbons (Fsp3) is 0.353. The molecule has 0 spiro atoms. The molecule has 2 N–H and O–H groups in total. The molecule has 1 aromatic carbocycles. The third-order valence-corrected chi connectivity index (χ3v) is 5.70. The molecule has 136 valence electrons. The van der Waals surface area contributed by atoms with Gasteiger partial charge >= 0.3 is 0 Å². The lowest BCUT2D eigenvalue weighted by Gasteiger charge is -2.45. The average Bonchev–Trinajstić information content (AvgIpc) is 2.61. The summed E-state index contributed by atoms with van der Waals surface area (Å²) in [5, 5.41) is 0.338. The number of ether oxygens (including phenoxy) is 1. The van der Waals surface area contributed by atoms with Crippen LogP contribution in [0.4, 0.5) is 13.2 Å². The number of benzene rings is 1. The van der Waals surface area contributed by atoms with Crippen molar-refractivity contribution >= 4 is 16.9 Å². The Hall–Kier alpha value is -2.13. The average molecular weight is 380 g/mol. The van der Waals surface area contributed by atoms with Gasteiger partial charge in [-0.2, -0.15) is 0 Å². The minimum absolute atomic E-state index is 0.0485. The predicted octanol–water partition coefficient (Wildman–Crippen LogP) is 2.93. The van der Waals surface area contributed by atoms with Crippen LogP contribution in [0.3, 0.4) is 0 Å². The normalized spacial score (nSPS) is 28.3. The lowest BCUT2D eigenvalue weighted by molar-refractivity contribution is -0.0627. The number of nitrogens with zero attached hydrogens (tertiary/aromatic N) is 3. The van der Waals surface area contributed by atoms with E-state index in [0.717, 1.165) is 18.5 Å². The van der Waals surface area contributed by atoms with Crippen molar-refractivity contribution in [2.75, 3.05) is 12.4 Å². The van der Waals surface area contributed by atoms with E-state index in [2.05, 4.69) is 15.0 Å². The van der Waals surface area contributed by atoms with Gasteiger partial charge in [0.2, 0.25) is 0 Å².